The summed E-state index contributed by atoms with van der Waals surface area (Å²) in [4.78, 5) is 4.18. The van der Waals surface area contributed by atoms with Gasteiger partial charge in [0, 0.05) is 17.8 Å². The van der Waals surface area contributed by atoms with Crippen molar-refractivity contribution in [2.24, 2.45) is 0 Å². The number of rotatable bonds is 4. The Labute approximate surface area is 126 Å². The van der Waals surface area contributed by atoms with E-state index in [-0.39, 0.29) is 6.04 Å². The largest absolute Gasteiger partial charge is 0.452 e. The Balaban J connectivity index is 2.14. The Kier molecular flexibility index (Phi) is 3.85. The first-order chi connectivity index (χ1) is 9.79. The molecule has 4 heteroatoms. The van der Waals surface area contributed by atoms with Crippen molar-refractivity contribution >= 4 is 26.7 Å². The molecule has 0 aliphatic carbocycles. The minimum atomic E-state index is 0.0393. The van der Waals surface area contributed by atoms with Crippen LogP contribution in [0.25, 0.3) is 10.8 Å². The van der Waals surface area contributed by atoms with Crippen molar-refractivity contribution in [2.45, 2.75) is 13.0 Å². The molecule has 0 bridgehead atoms. The van der Waals surface area contributed by atoms with Gasteiger partial charge in [0.1, 0.15) is 5.76 Å². The standard InChI is InChI=1S/C16H15BrN2O/c1-2-19-16(14-6-7-15(17)20-14)13-5-3-4-11-10-18-9-8-12(11)13/h3-10,16,19H,2H2,1H3. The average Bonchev–Trinajstić information content (AvgIpc) is 2.91. The van der Waals surface area contributed by atoms with Crippen LogP contribution in [0.3, 0.4) is 0 Å². The lowest BCUT2D eigenvalue weighted by atomic mass is 9.98. The topological polar surface area (TPSA) is 38.1 Å². The molecule has 0 spiro atoms. The van der Waals surface area contributed by atoms with E-state index >= 15 is 0 Å². The number of hydrogen-bond acceptors (Lipinski definition) is 3. The number of furan rings is 1. The van der Waals surface area contributed by atoms with E-state index < -0.39 is 0 Å². The average molecular weight is 331 g/mol. The van der Waals surface area contributed by atoms with Crippen LogP contribution in [-0.2, 0) is 0 Å². The number of nitrogens with zero attached hydrogens (tertiary/aromatic N) is 1. The molecule has 1 unspecified atom stereocenters. The van der Waals surface area contributed by atoms with Crippen molar-refractivity contribution in [3.63, 3.8) is 0 Å². The summed E-state index contributed by atoms with van der Waals surface area (Å²) in [7, 11) is 0. The van der Waals surface area contributed by atoms with Crippen molar-refractivity contribution in [3.05, 3.63) is 64.8 Å². The third kappa shape index (κ3) is 2.49. The molecule has 20 heavy (non-hydrogen) atoms. The molecule has 0 aliphatic heterocycles. The molecule has 102 valence electrons. The smallest absolute Gasteiger partial charge is 0.169 e. The predicted molar refractivity (Wildman–Crippen MR) is 83.7 cm³/mol. The van der Waals surface area contributed by atoms with Crippen molar-refractivity contribution in [3.8, 4) is 0 Å². The maximum Gasteiger partial charge on any atom is 0.169 e. The van der Waals surface area contributed by atoms with Gasteiger partial charge in [0.05, 0.1) is 6.04 Å². The second-order valence-corrected chi connectivity index (χ2v) is 5.36. The quantitative estimate of drug-likeness (QED) is 0.775. The molecule has 0 saturated heterocycles. The van der Waals surface area contributed by atoms with Crippen molar-refractivity contribution in [1.82, 2.24) is 10.3 Å². The number of fused-ring (bicyclic) bond motifs is 1. The van der Waals surface area contributed by atoms with E-state index in [0.717, 1.165) is 22.4 Å². The van der Waals surface area contributed by atoms with Crippen LogP contribution >= 0.6 is 15.9 Å². The van der Waals surface area contributed by atoms with Crippen LogP contribution in [0.5, 0.6) is 0 Å². The van der Waals surface area contributed by atoms with E-state index in [0.29, 0.717) is 0 Å². The van der Waals surface area contributed by atoms with Gasteiger partial charge in [0.2, 0.25) is 0 Å². The molecule has 2 heterocycles. The van der Waals surface area contributed by atoms with E-state index in [1.165, 1.54) is 10.9 Å². The summed E-state index contributed by atoms with van der Waals surface area (Å²) in [6, 6.07) is 12.3. The Morgan fingerprint density at radius 2 is 2.15 bits per heavy atom. The van der Waals surface area contributed by atoms with Gasteiger partial charge in [-0.2, -0.15) is 0 Å². The minimum Gasteiger partial charge on any atom is -0.452 e. The van der Waals surface area contributed by atoms with Crippen LogP contribution in [0.15, 0.2) is 57.9 Å². The molecular formula is C16H15BrN2O. The van der Waals surface area contributed by atoms with E-state index in [1.807, 2.05) is 30.6 Å². The Bertz CT molecular complexity index is 718. The molecule has 0 aliphatic rings. The summed E-state index contributed by atoms with van der Waals surface area (Å²) in [5.41, 5.74) is 1.20. The van der Waals surface area contributed by atoms with Gasteiger partial charge >= 0.3 is 0 Å². The molecule has 0 radical (unpaired) electrons. The molecule has 3 aromatic rings. The zero-order valence-electron chi connectivity index (χ0n) is 11.1. The summed E-state index contributed by atoms with van der Waals surface area (Å²) in [5, 5.41) is 5.82. The second kappa shape index (κ2) is 5.77. The van der Waals surface area contributed by atoms with E-state index in [4.69, 9.17) is 4.42 Å². The van der Waals surface area contributed by atoms with Gasteiger partial charge < -0.3 is 9.73 Å². The Morgan fingerprint density at radius 1 is 1.25 bits per heavy atom. The van der Waals surface area contributed by atoms with Crippen LogP contribution in [0.4, 0.5) is 0 Å². The highest BCUT2D eigenvalue weighted by atomic mass is 79.9. The molecule has 3 rings (SSSR count). The number of pyridine rings is 1. The molecule has 0 fully saturated rings. The fourth-order valence-corrected chi connectivity index (χ4v) is 2.77. The molecule has 1 aromatic carbocycles. The maximum absolute atomic E-state index is 5.74. The molecule has 1 N–H and O–H groups in total. The predicted octanol–water partition coefficient (Wildman–Crippen LogP) is 4.29. The maximum atomic E-state index is 5.74. The number of hydrogen-bond donors (Lipinski definition) is 1. The van der Waals surface area contributed by atoms with Crippen molar-refractivity contribution in [1.29, 1.82) is 0 Å². The minimum absolute atomic E-state index is 0.0393. The third-order valence-corrected chi connectivity index (χ3v) is 3.74. The van der Waals surface area contributed by atoms with Crippen LogP contribution in [0, 0.1) is 0 Å². The van der Waals surface area contributed by atoms with Crippen LogP contribution in [0.2, 0.25) is 0 Å². The monoisotopic (exact) mass is 330 g/mol. The van der Waals surface area contributed by atoms with E-state index in [2.05, 4.69) is 51.4 Å². The van der Waals surface area contributed by atoms with E-state index in [1.54, 1.807) is 0 Å². The zero-order chi connectivity index (χ0) is 13.9. The summed E-state index contributed by atoms with van der Waals surface area (Å²) in [5.74, 6) is 0.906. The second-order valence-electron chi connectivity index (χ2n) is 4.58. The van der Waals surface area contributed by atoms with Gasteiger partial charge in [0.15, 0.2) is 4.67 Å². The van der Waals surface area contributed by atoms with Crippen LogP contribution in [0.1, 0.15) is 24.3 Å². The summed E-state index contributed by atoms with van der Waals surface area (Å²) in [6.45, 7) is 2.96. The number of halogens is 1. The first-order valence-corrected chi connectivity index (χ1v) is 7.40. The summed E-state index contributed by atoms with van der Waals surface area (Å²) >= 11 is 3.37. The molecule has 2 aromatic heterocycles. The fourth-order valence-electron chi connectivity index (χ4n) is 2.45. The van der Waals surface area contributed by atoms with Crippen LogP contribution in [-0.4, -0.2) is 11.5 Å². The molecular weight excluding hydrogens is 316 g/mol. The highest BCUT2D eigenvalue weighted by Gasteiger charge is 2.18. The van der Waals surface area contributed by atoms with Gasteiger partial charge in [0.25, 0.3) is 0 Å². The molecule has 0 amide bonds. The Morgan fingerprint density at radius 3 is 2.90 bits per heavy atom. The molecule has 0 saturated carbocycles. The van der Waals surface area contributed by atoms with Gasteiger partial charge in [-0.1, -0.05) is 25.1 Å². The van der Waals surface area contributed by atoms with Gasteiger partial charge in [-0.3, -0.25) is 4.98 Å². The first kappa shape index (κ1) is 13.3. The lowest BCUT2D eigenvalue weighted by Gasteiger charge is -2.18. The molecule has 3 nitrogen and oxygen atoms in total. The normalized spacial score (nSPS) is 12.7. The number of nitrogens with one attached hydrogen (secondary N) is 1. The highest BCUT2D eigenvalue weighted by molar-refractivity contribution is 9.10. The summed E-state index contributed by atoms with van der Waals surface area (Å²) in [6.07, 6.45) is 3.72. The SMILES string of the molecule is CCNC(c1ccc(Br)o1)c1cccc2cnccc12. The highest BCUT2D eigenvalue weighted by Crippen LogP contribution is 2.30. The third-order valence-electron chi connectivity index (χ3n) is 3.31. The van der Waals surface area contributed by atoms with Crippen molar-refractivity contribution < 1.29 is 4.42 Å². The van der Waals surface area contributed by atoms with Crippen molar-refractivity contribution in [2.75, 3.05) is 6.54 Å². The Hall–Kier alpha value is -1.65. The van der Waals surface area contributed by atoms with E-state index in [9.17, 15) is 0 Å². The lowest BCUT2D eigenvalue weighted by molar-refractivity contribution is 0.439. The first-order valence-electron chi connectivity index (χ1n) is 6.61. The molecule has 1 atom stereocenters. The van der Waals surface area contributed by atoms with Gasteiger partial charge in [-0.25, -0.2) is 0 Å². The number of aromatic nitrogens is 1. The number of benzene rings is 1. The van der Waals surface area contributed by atoms with Crippen LogP contribution < -0.4 is 5.32 Å². The lowest BCUT2D eigenvalue weighted by Crippen LogP contribution is -2.21. The van der Waals surface area contributed by atoms with Gasteiger partial charge in [-0.05, 0) is 51.6 Å². The fraction of sp³-hybridized carbons (Fsp3) is 0.188. The van der Waals surface area contributed by atoms with Gasteiger partial charge in [-0.15, -0.1) is 0 Å². The zero-order valence-corrected chi connectivity index (χ0v) is 12.7. The summed E-state index contributed by atoms with van der Waals surface area (Å²) < 4.78 is 6.49.